The highest BCUT2D eigenvalue weighted by molar-refractivity contribution is 5.68. The highest BCUT2D eigenvalue weighted by Gasteiger charge is 2.53. The molecule has 4 nitrogen and oxygen atoms in total. The van der Waals surface area contributed by atoms with E-state index in [1.165, 1.54) is 32.2 Å². The molecule has 1 heterocycles. The van der Waals surface area contributed by atoms with E-state index in [0.29, 0.717) is 11.3 Å². The number of rotatable bonds is 5. The van der Waals surface area contributed by atoms with Crippen molar-refractivity contribution in [1.29, 1.82) is 0 Å². The molecule has 0 unspecified atom stereocenters. The third-order valence-electron chi connectivity index (χ3n) is 5.51. The topological polar surface area (TPSA) is 41.6 Å². The van der Waals surface area contributed by atoms with Crippen molar-refractivity contribution in [2.45, 2.75) is 64.9 Å². The van der Waals surface area contributed by atoms with Gasteiger partial charge in [-0.05, 0) is 83.1 Å². The van der Waals surface area contributed by atoms with Crippen molar-refractivity contribution in [3.63, 3.8) is 0 Å². The number of nitrogens with zero attached hydrogens (tertiary/aromatic N) is 1. The quantitative estimate of drug-likeness (QED) is 0.846. The van der Waals surface area contributed by atoms with Crippen LogP contribution in [0.5, 0.6) is 0 Å². The Bertz CT molecular complexity index is 400. The van der Waals surface area contributed by atoms with Crippen LogP contribution in [0, 0.1) is 17.3 Å². The lowest BCUT2D eigenvalue weighted by Gasteiger charge is -2.33. The molecule has 1 N–H and O–H groups in total. The van der Waals surface area contributed by atoms with E-state index < -0.39 is 5.60 Å². The van der Waals surface area contributed by atoms with Crippen LogP contribution < -0.4 is 5.32 Å². The van der Waals surface area contributed by atoms with E-state index in [-0.39, 0.29) is 6.09 Å². The maximum atomic E-state index is 12.0. The number of ether oxygens (including phenoxy) is 1. The molecule has 0 spiro atoms. The Morgan fingerprint density at radius 2 is 1.82 bits per heavy atom. The molecule has 3 aliphatic rings. The summed E-state index contributed by atoms with van der Waals surface area (Å²) in [5.74, 6) is 1.75. The molecule has 2 saturated carbocycles. The van der Waals surface area contributed by atoms with Crippen LogP contribution in [-0.2, 0) is 4.74 Å². The molecular formula is C18H32N2O2. The maximum Gasteiger partial charge on any atom is 0.410 e. The van der Waals surface area contributed by atoms with Crippen molar-refractivity contribution in [3.8, 4) is 0 Å². The minimum Gasteiger partial charge on any atom is -0.444 e. The van der Waals surface area contributed by atoms with Crippen molar-refractivity contribution in [2.24, 2.45) is 17.3 Å². The average molecular weight is 308 g/mol. The molecule has 0 aromatic heterocycles. The summed E-state index contributed by atoms with van der Waals surface area (Å²) in [6, 6.07) is 0. The fraction of sp³-hybridized carbons (Fsp3) is 0.944. The molecule has 0 bridgehead atoms. The number of hydrogen-bond acceptors (Lipinski definition) is 3. The summed E-state index contributed by atoms with van der Waals surface area (Å²) >= 11 is 0. The molecule has 0 radical (unpaired) electrons. The average Bonchev–Trinajstić information content (AvgIpc) is 3.31. The van der Waals surface area contributed by atoms with E-state index in [9.17, 15) is 4.79 Å². The molecule has 126 valence electrons. The van der Waals surface area contributed by atoms with Gasteiger partial charge in [0.1, 0.15) is 5.60 Å². The molecule has 0 aromatic carbocycles. The Hall–Kier alpha value is -0.770. The van der Waals surface area contributed by atoms with E-state index in [1.54, 1.807) is 0 Å². The monoisotopic (exact) mass is 308 g/mol. The zero-order valence-corrected chi connectivity index (χ0v) is 14.5. The summed E-state index contributed by atoms with van der Waals surface area (Å²) in [4.78, 5) is 13.9. The number of carbonyl (C=O) groups excluding carboxylic acids is 1. The van der Waals surface area contributed by atoms with Crippen LogP contribution in [0.25, 0.3) is 0 Å². The fourth-order valence-corrected chi connectivity index (χ4v) is 3.76. The summed E-state index contributed by atoms with van der Waals surface area (Å²) in [6.07, 6.45) is 7.88. The molecule has 3 fully saturated rings. The predicted octanol–water partition coefficient (Wildman–Crippen LogP) is 3.41. The molecule has 1 amide bonds. The number of hydrogen-bond donors (Lipinski definition) is 1. The van der Waals surface area contributed by atoms with Gasteiger partial charge in [-0.15, -0.1) is 0 Å². The minimum absolute atomic E-state index is 0.149. The lowest BCUT2D eigenvalue weighted by Crippen LogP contribution is -2.43. The lowest BCUT2D eigenvalue weighted by molar-refractivity contribution is 0.0184. The first-order chi connectivity index (χ1) is 10.4. The normalized spacial score (nSPS) is 25.1. The summed E-state index contributed by atoms with van der Waals surface area (Å²) in [6.45, 7) is 9.81. The molecule has 0 atom stereocenters. The maximum absolute atomic E-state index is 12.0. The van der Waals surface area contributed by atoms with E-state index in [2.05, 4.69) is 5.32 Å². The van der Waals surface area contributed by atoms with Gasteiger partial charge in [0, 0.05) is 19.6 Å². The van der Waals surface area contributed by atoms with Crippen LogP contribution in [0.4, 0.5) is 4.79 Å². The van der Waals surface area contributed by atoms with Crippen molar-refractivity contribution in [3.05, 3.63) is 0 Å². The van der Waals surface area contributed by atoms with Crippen LogP contribution in [0.1, 0.15) is 59.3 Å². The van der Waals surface area contributed by atoms with Crippen LogP contribution in [0.3, 0.4) is 0 Å². The van der Waals surface area contributed by atoms with Gasteiger partial charge in [0.25, 0.3) is 0 Å². The first kappa shape index (κ1) is 16.1. The van der Waals surface area contributed by atoms with E-state index in [4.69, 9.17) is 4.74 Å². The van der Waals surface area contributed by atoms with Crippen LogP contribution >= 0.6 is 0 Å². The Kier molecular flexibility index (Phi) is 4.41. The zero-order valence-electron chi connectivity index (χ0n) is 14.5. The molecule has 1 aliphatic heterocycles. The molecule has 3 rings (SSSR count). The molecule has 0 aromatic rings. The second kappa shape index (κ2) is 6.03. The van der Waals surface area contributed by atoms with Crippen LogP contribution in [-0.4, -0.2) is 42.8 Å². The largest absolute Gasteiger partial charge is 0.444 e. The molecule has 4 heteroatoms. The Balaban J connectivity index is 1.32. The van der Waals surface area contributed by atoms with Gasteiger partial charge in [-0.2, -0.15) is 0 Å². The SMILES string of the molecule is CC(C)(C)OC(=O)N1CCC(CNCC2(C3CC3)CC2)CC1. The Labute approximate surface area is 135 Å². The Morgan fingerprint density at radius 3 is 2.32 bits per heavy atom. The number of nitrogens with one attached hydrogen (secondary N) is 1. The molecule has 1 saturated heterocycles. The summed E-state index contributed by atoms with van der Waals surface area (Å²) in [5, 5.41) is 3.73. The van der Waals surface area contributed by atoms with Gasteiger partial charge in [0.15, 0.2) is 0 Å². The summed E-state index contributed by atoms with van der Waals surface area (Å²) < 4.78 is 5.45. The van der Waals surface area contributed by atoms with Crippen LogP contribution in [0.2, 0.25) is 0 Å². The van der Waals surface area contributed by atoms with Crippen LogP contribution in [0.15, 0.2) is 0 Å². The summed E-state index contributed by atoms with van der Waals surface area (Å²) in [5.41, 5.74) is 0.300. The summed E-state index contributed by atoms with van der Waals surface area (Å²) in [7, 11) is 0. The van der Waals surface area contributed by atoms with Crippen molar-refractivity contribution in [1.82, 2.24) is 10.2 Å². The second-order valence-corrected chi connectivity index (χ2v) is 8.68. The number of amides is 1. The Morgan fingerprint density at radius 1 is 1.18 bits per heavy atom. The highest BCUT2D eigenvalue weighted by Crippen LogP contribution is 2.60. The van der Waals surface area contributed by atoms with Gasteiger partial charge in [0.05, 0.1) is 0 Å². The van der Waals surface area contributed by atoms with E-state index in [1.807, 2.05) is 25.7 Å². The van der Waals surface area contributed by atoms with Gasteiger partial charge < -0.3 is 15.0 Å². The number of carbonyl (C=O) groups is 1. The molecular weight excluding hydrogens is 276 g/mol. The third-order valence-corrected chi connectivity index (χ3v) is 5.51. The predicted molar refractivity (Wildman–Crippen MR) is 87.8 cm³/mol. The number of likely N-dealkylation sites (tertiary alicyclic amines) is 1. The van der Waals surface area contributed by atoms with Gasteiger partial charge in [-0.3, -0.25) is 0 Å². The van der Waals surface area contributed by atoms with E-state index in [0.717, 1.165) is 38.4 Å². The van der Waals surface area contributed by atoms with Crippen molar-refractivity contribution < 1.29 is 9.53 Å². The minimum atomic E-state index is -0.392. The zero-order chi connectivity index (χ0) is 15.8. The standard InChI is InChI=1S/C18H32N2O2/c1-17(2,3)22-16(21)20-10-6-14(7-11-20)12-19-13-18(8-9-18)15-4-5-15/h14-15,19H,4-13H2,1-3H3. The van der Waals surface area contributed by atoms with Gasteiger partial charge >= 0.3 is 6.09 Å². The first-order valence-corrected chi connectivity index (χ1v) is 9.07. The van der Waals surface area contributed by atoms with E-state index >= 15 is 0 Å². The second-order valence-electron chi connectivity index (χ2n) is 8.68. The van der Waals surface area contributed by atoms with Crippen molar-refractivity contribution >= 4 is 6.09 Å². The molecule has 22 heavy (non-hydrogen) atoms. The fourth-order valence-electron chi connectivity index (χ4n) is 3.76. The molecule has 2 aliphatic carbocycles. The number of piperidine rings is 1. The smallest absolute Gasteiger partial charge is 0.410 e. The third kappa shape index (κ3) is 4.15. The van der Waals surface area contributed by atoms with Gasteiger partial charge in [0.2, 0.25) is 0 Å². The van der Waals surface area contributed by atoms with Gasteiger partial charge in [-0.25, -0.2) is 4.79 Å². The highest BCUT2D eigenvalue weighted by atomic mass is 16.6. The lowest BCUT2D eigenvalue weighted by atomic mass is 9.96. The van der Waals surface area contributed by atoms with Crippen molar-refractivity contribution in [2.75, 3.05) is 26.2 Å². The first-order valence-electron chi connectivity index (χ1n) is 9.07. The van der Waals surface area contributed by atoms with Gasteiger partial charge in [-0.1, -0.05) is 0 Å².